The van der Waals surface area contributed by atoms with Crippen molar-refractivity contribution in [3.8, 4) is 0 Å². The Labute approximate surface area is 192 Å². The predicted octanol–water partition coefficient (Wildman–Crippen LogP) is 7.63. The summed E-state index contributed by atoms with van der Waals surface area (Å²) in [6, 6.07) is 0. The first-order chi connectivity index (χ1) is 15.1. The number of hydrogen-bond acceptors (Lipinski definition) is 4. The van der Waals surface area contributed by atoms with Crippen molar-refractivity contribution in [2.75, 3.05) is 13.2 Å². The van der Waals surface area contributed by atoms with Crippen LogP contribution in [0.5, 0.6) is 0 Å². The van der Waals surface area contributed by atoms with Gasteiger partial charge in [-0.2, -0.15) is 0 Å². The summed E-state index contributed by atoms with van der Waals surface area (Å²) in [7, 11) is 0. The zero-order valence-electron chi connectivity index (χ0n) is 20.8. The van der Waals surface area contributed by atoms with Crippen molar-refractivity contribution in [1.82, 2.24) is 0 Å². The van der Waals surface area contributed by atoms with Gasteiger partial charge < -0.3 is 9.47 Å². The number of esters is 2. The summed E-state index contributed by atoms with van der Waals surface area (Å²) in [4.78, 5) is 24.8. The fraction of sp³-hybridized carbons (Fsp3) is 0.926. The van der Waals surface area contributed by atoms with Crippen LogP contribution in [0.3, 0.4) is 0 Å². The third-order valence-electron chi connectivity index (χ3n) is 6.76. The van der Waals surface area contributed by atoms with Gasteiger partial charge in [0.05, 0.1) is 25.0 Å². The minimum atomic E-state index is -0.0586. The van der Waals surface area contributed by atoms with Gasteiger partial charge in [0.25, 0.3) is 0 Å². The van der Waals surface area contributed by atoms with Gasteiger partial charge in [0, 0.05) is 0 Å². The molecule has 0 aromatic heterocycles. The molecule has 0 amide bonds. The van der Waals surface area contributed by atoms with E-state index in [1.165, 1.54) is 51.4 Å². The summed E-state index contributed by atoms with van der Waals surface area (Å²) in [5, 5.41) is 0. The van der Waals surface area contributed by atoms with Crippen LogP contribution in [0.2, 0.25) is 0 Å². The number of carbonyl (C=O) groups excluding carboxylic acids is 2. The average Bonchev–Trinajstić information content (AvgIpc) is 2.79. The van der Waals surface area contributed by atoms with Crippen LogP contribution in [-0.2, 0) is 19.1 Å². The molecule has 4 heteroatoms. The minimum Gasteiger partial charge on any atom is -0.465 e. The van der Waals surface area contributed by atoms with Gasteiger partial charge in [-0.25, -0.2) is 0 Å². The fourth-order valence-corrected chi connectivity index (χ4v) is 4.63. The molecule has 0 N–H and O–H groups in total. The van der Waals surface area contributed by atoms with Crippen molar-refractivity contribution in [3.63, 3.8) is 0 Å². The molecule has 1 aliphatic carbocycles. The number of hydrogen-bond donors (Lipinski definition) is 0. The summed E-state index contributed by atoms with van der Waals surface area (Å²) >= 11 is 0. The van der Waals surface area contributed by atoms with E-state index in [9.17, 15) is 9.59 Å². The fourth-order valence-electron chi connectivity index (χ4n) is 4.63. The Kier molecular flexibility index (Phi) is 16.7. The zero-order valence-corrected chi connectivity index (χ0v) is 20.8. The number of unbranched alkanes of at least 4 members (excludes halogenated alkanes) is 8. The smallest absolute Gasteiger partial charge is 0.308 e. The van der Waals surface area contributed by atoms with Gasteiger partial charge in [-0.3, -0.25) is 9.59 Å². The molecule has 0 spiro atoms. The largest absolute Gasteiger partial charge is 0.465 e. The van der Waals surface area contributed by atoms with Gasteiger partial charge in [-0.05, 0) is 50.9 Å². The summed E-state index contributed by atoms with van der Waals surface area (Å²) in [6.45, 7) is 7.76. The van der Waals surface area contributed by atoms with E-state index in [2.05, 4.69) is 20.8 Å². The molecule has 4 nitrogen and oxygen atoms in total. The van der Waals surface area contributed by atoms with E-state index in [-0.39, 0.29) is 23.8 Å². The Balaban J connectivity index is 2.16. The Morgan fingerprint density at radius 3 is 1.74 bits per heavy atom. The molecular formula is C27H50O4. The van der Waals surface area contributed by atoms with Crippen molar-refractivity contribution >= 4 is 11.9 Å². The quantitative estimate of drug-likeness (QED) is 0.163. The van der Waals surface area contributed by atoms with E-state index < -0.39 is 0 Å². The van der Waals surface area contributed by atoms with Crippen LogP contribution in [0, 0.1) is 17.8 Å². The second-order valence-electron chi connectivity index (χ2n) is 9.62. The second-order valence-corrected chi connectivity index (χ2v) is 9.62. The molecule has 1 atom stereocenters. The molecule has 1 aliphatic rings. The Morgan fingerprint density at radius 1 is 0.645 bits per heavy atom. The van der Waals surface area contributed by atoms with Crippen molar-refractivity contribution in [1.29, 1.82) is 0 Å². The summed E-state index contributed by atoms with van der Waals surface area (Å²) in [6.07, 6.45) is 18.7. The van der Waals surface area contributed by atoms with Crippen LogP contribution < -0.4 is 0 Å². The average molecular weight is 439 g/mol. The van der Waals surface area contributed by atoms with Gasteiger partial charge in [-0.15, -0.1) is 0 Å². The molecule has 1 rings (SSSR count). The molecular weight excluding hydrogens is 388 g/mol. The topological polar surface area (TPSA) is 52.6 Å². The van der Waals surface area contributed by atoms with Crippen molar-refractivity contribution in [2.24, 2.45) is 17.8 Å². The maximum atomic E-state index is 12.5. The highest BCUT2D eigenvalue weighted by Gasteiger charge is 2.31. The van der Waals surface area contributed by atoms with Crippen LogP contribution >= 0.6 is 0 Å². The van der Waals surface area contributed by atoms with Crippen LogP contribution in [0.1, 0.15) is 130 Å². The van der Waals surface area contributed by atoms with Gasteiger partial charge >= 0.3 is 11.9 Å². The number of carbonyl (C=O) groups is 2. The Bertz CT molecular complexity index is 454. The molecule has 0 aliphatic heterocycles. The summed E-state index contributed by atoms with van der Waals surface area (Å²) in [5.41, 5.74) is 0. The molecule has 1 fully saturated rings. The molecule has 31 heavy (non-hydrogen) atoms. The number of rotatable bonds is 18. The SMILES string of the molecule is CCCCCCCCCOC(=O)C1CCC(C(=O)OCC(CCC)CCCCC)CC1. The first kappa shape index (κ1) is 28.0. The summed E-state index contributed by atoms with van der Waals surface area (Å²) < 4.78 is 11.2. The molecule has 0 radical (unpaired) electrons. The molecule has 0 aromatic rings. The second kappa shape index (κ2) is 18.5. The van der Waals surface area contributed by atoms with E-state index in [1.54, 1.807) is 0 Å². The third-order valence-corrected chi connectivity index (χ3v) is 6.76. The van der Waals surface area contributed by atoms with Crippen molar-refractivity contribution < 1.29 is 19.1 Å². The normalized spacial score (nSPS) is 19.7. The van der Waals surface area contributed by atoms with Crippen molar-refractivity contribution in [2.45, 2.75) is 130 Å². The Morgan fingerprint density at radius 2 is 1.16 bits per heavy atom. The van der Waals surface area contributed by atoms with Crippen LogP contribution in [0.15, 0.2) is 0 Å². The molecule has 0 saturated heterocycles. The monoisotopic (exact) mass is 438 g/mol. The third kappa shape index (κ3) is 13.2. The lowest BCUT2D eigenvalue weighted by Crippen LogP contribution is -2.29. The van der Waals surface area contributed by atoms with Gasteiger partial charge in [0.15, 0.2) is 0 Å². The van der Waals surface area contributed by atoms with E-state index in [0.29, 0.717) is 19.1 Å². The van der Waals surface area contributed by atoms with E-state index in [1.807, 2.05) is 0 Å². The van der Waals surface area contributed by atoms with Gasteiger partial charge in [0.1, 0.15) is 0 Å². The molecule has 0 aromatic carbocycles. The first-order valence-corrected chi connectivity index (χ1v) is 13.5. The lowest BCUT2D eigenvalue weighted by molar-refractivity contribution is -0.156. The standard InChI is InChI=1S/C27H50O4/c1-4-7-9-10-11-12-14-21-30-26(28)24-17-19-25(20-18-24)27(29)31-22-23(15-6-3)16-13-8-5-2/h23-25H,4-22H2,1-3H3. The first-order valence-electron chi connectivity index (χ1n) is 13.5. The van der Waals surface area contributed by atoms with Gasteiger partial charge in [0.2, 0.25) is 0 Å². The van der Waals surface area contributed by atoms with Crippen molar-refractivity contribution in [3.05, 3.63) is 0 Å². The molecule has 1 saturated carbocycles. The van der Waals surface area contributed by atoms with Gasteiger partial charge in [-0.1, -0.05) is 85.0 Å². The zero-order chi connectivity index (χ0) is 22.7. The minimum absolute atomic E-state index is 0.0320. The van der Waals surface area contributed by atoms with E-state index >= 15 is 0 Å². The lowest BCUT2D eigenvalue weighted by atomic mass is 9.82. The predicted molar refractivity (Wildman–Crippen MR) is 128 cm³/mol. The van der Waals surface area contributed by atoms with E-state index in [0.717, 1.165) is 57.8 Å². The van der Waals surface area contributed by atoms with Crippen LogP contribution in [0.25, 0.3) is 0 Å². The maximum absolute atomic E-state index is 12.5. The molecule has 182 valence electrons. The molecule has 0 heterocycles. The van der Waals surface area contributed by atoms with Crippen LogP contribution in [-0.4, -0.2) is 25.2 Å². The summed E-state index contributed by atoms with van der Waals surface area (Å²) in [5.74, 6) is 0.322. The highest BCUT2D eigenvalue weighted by atomic mass is 16.5. The highest BCUT2D eigenvalue weighted by Crippen LogP contribution is 2.31. The van der Waals surface area contributed by atoms with E-state index in [4.69, 9.17) is 9.47 Å². The molecule has 0 bridgehead atoms. The Hall–Kier alpha value is -1.06. The van der Waals surface area contributed by atoms with Crippen LogP contribution in [0.4, 0.5) is 0 Å². The maximum Gasteiger partial charge on any atom is 0.308 e. The highest BCUT2D eigenvalue weighted by molar-refractivity contribution is 5.75. The lowest BCUT2D eigenvalue weighted by Gasteiger charge is -2.26. The number of ether oxygens (including phenoxy) is 2. The molecule has 1 unspecified atom stereocenters.